The van der Waals surface area contributed by atoms with Crippen LogP contribution in [0.2, 0.25) is 0 Å². The highest BCUT2D eigenvalue weighted by molar-refractivity contribution is 7.91. The Kier molecular flexibility index (Phi) is 4.65. The van der Waals surface area contributed by atoms with Gasteiger partial charge in [-0.3, -0.25) is 4.79 Å². The smallest absolute Gasteiger partial charge is 0.224 e. The van der Waals surface area contributed by atoms with Gasteiger partial charge in [0.1, 0.15) is 5.75 Å². The van der Waals surface area contributed by atoms with Gasteiger partial charge in [0.2, 0.25) is 5.91 Å². The molecule has 0 bridgehead atoms. The van der Waals surface area contributed by atoms with Gasteiger partial charge >= 0.3 is 0 Å². The number of hydrogen-bond acceptors (Lipinski definition) is 4. The van der Waals surface area contributed by atoms with E-state index in [9.17, 15) is 13.2 Å². The van der Waals surface area contributed by atoms with Crippen LogP contribution in [0.1, 0.15) is 18.4 Å². The number of para-hydroxylation sites is 1. The number of ether oxygens (including phenoxy) is 1. The van der Waals surface area contributed by atoms with E-state index in [0.717, 1.165) is 5.56 Å². The summed E-state index contributed by atoms with van der Waals surface area (Å²) in [7, 11) is -1.48. The van der Waals surface area contributed by atoms with Gasteiger partial charge in [-0.15, -0.1) is 0 Å². The van der Waals surface area contributed by atoms with Crippen molar-refractivity contribution in [3.8, 4) is 5.75 Å². The Morgan fingerprint density at radius 3 is 2.85 bits per heavy atom. The third-order valence-corrected chi connectivity index (χ3v) is 5.30. The molecule has 1 N–H and O–H groups in total. The highest BCUT2D eigenvalue weighted by Gasteiger charge is 2.29. The standard InChI is InChI=1S/C14H19NO4S/c1-19-13-7-3-2-5-11(13)9-15-14(16)12-6-4-8-20(17,18)10-12/h2-3,5,7,12H,4,6,8-10H2,1H3,(H,15,16). The maximum atomic E-state index is 12.0. The van der Waals surface area contributed by atoms with E-state index in [0.29, 0.717) is 25.1 Å². The molecule has 0 saturated carbocycles. The van der Waals surface area contributed by atoms with Crippen molar-refractivity contribution >= 4 is 15.7 Å². The average Bonchev–Trinajstić information content (AvgIpc) is 2.44. The predicted molar refractivity (Wildman–Crippen MR) is 76.2 cm³/mol. The van der Waals surface area contributed by atoms with Gasteiger partial charge in [0.15, 0.2) is 9.84 Å². The topological polar surface area (TPSA) is 72.5 Å². The van der Waals surface area contributed by atoms with E-state index in [2.05, 4.69) is 5.32 Å². The quantitative estimate of drug-likeness (QED) is 0.904. The Labute approximate surface area is 119 Å². The maximum Gasteiger partial charge on any atom is 0.224 e. The highest BCUT2D eigenvalue weighted by Crippen LogP contribution is 2.20. The Morgan fingerprint density at radius 2 is 2.15 bits per heavy atom. The second-order valence-electron chi connectivity index (χ2n) is 4.98. The van der Waals surface area contributed by atoms with E-state index in [1.54, 1.807) is 7.11 Å². The van der Waals surface area contributed by atoms with E-state index in [1.165, 1.54) is 0 Å². The summed E-state index contributed by atoms with van der Waals surface area (Å²) >= 11 is 0. The Hall–Kier alpha value is -1.56. The fraction of sp³-hybridized carbons (Fsp3) is 0.500. The number of sulfone groups is 1. The molecule has 1 amide bonds. The monoisotopic (exact) mass is 297 g/mol. The first-order valence-electron chi connectivity index (χ1n) is 6.62. The van der Waals surface area contributed by atoms with Gasteiger partial charge in [0, 0.05) is 12.1 Å². The molecule has 1 aromatic rings. The summed E-state index contributed by atoms with van der Waals surface area (Å²) in [5.74, 6) is 0.250. The van der Waals surface area contributed by atoms with Crippen LogP contribution in [0, 0.1) is 5.92 Å². The minimum atomic E-state index is -3.06. The molecule has 2 rings (SSSR count). The van der Waals surface area contributed by atoms with Crippen LogP contribution in [0.15, 0.2) is 24.3 Å². The predicted octanol–water partition coefficient (Wildman–Crippen LogP) is 1.14. The molecular weight excluding hydrogens is 278 g/mol. The van der Waals surface area contributed by atoms with Crippen molar-refractivity contribution in [1.82, 2.24) is 5.32 Å². The van der Waals surface area contributed by atoms with Crippen LogP contribution < -0.4 is 10.1 Å². The van der Waals surface area contributed by atoms with Crippen molar-refractivity contribution in [2.24, 2.45) is 5.92 Å². The van der Waals surface area contributed by atoms with E-state index < -0.39 is 15.8 Å². The number of rotatable bonds is 4. The molecule has 1 atom stereocenters. The number of carbonyl (C=O) groups is 1. The molecule has 0 radical (unpaired) electrons. The molecule has 1 fully saturated rings. The van der Waals surface area contributed by atoms with Crippen molar-refractivity contribution in [2.75, 3.05) is 18.6 Å². The molecule has 0 aliphatic carbocycles. The Bertz CT molecular complexity index is 583. The molecule has 1 saturated heterocycles. The van der Waals surface area contributed by atoms with Crippen LogP contribution >= 0.6 is 0 Å². The summed E-state index contributed by atoms with van der Waals surface area (Å²) in [6.07, 6.45) is 1.20. The molecule has 0 aromatic heterocycles. The van der Waals surface area contributed by atoms with E-state index in [1.807, 2.05) is 24.3 Å². The average molecular weight is 297 g/mol. The van der Waals surface area contributed by atoms with Gasteiger partial charge in [-0.2, -0.15) is 0 Å². The lowest BCUT2D eigenvalue weighted by Gasteiger charge is -2.21. The zero-order chi connectivity index (χ0) is 14.6. The van der Waals surface area contributed by atoms with Crippen LogP contribution in [0.3, 0.4) is 0 Å². The second-order valence-corrected chi connectivity index (χ2v) is 7.21. The van der Waals surface area contributed by atoms with Crippen LogP contribution in [0.5, 0.6) is 5.75 Å². The van der Waals surface area contributed by atoms with Crippen molar-refractivity contribution in [1.29, 1.82) is 0 Å². The third-order valence-electron chi connectivity index (χ3n) is 3.48. The molecule has 1 aliphatic heterocycles. The van der Waals surface area contributed by atoms with Gasteiger partial charge in [-0.05, 0) is 18.9 Å². The molecule has 1 aliphatic rings. The SMILES string of the molecule is COc1ccccc1CNC(=O)C1CCCS(=O)(=O)C1. The van der Waals surface area contributed by atoms with Crippen molar-refractivity contribution in [2.45, 2.75) is 19.4 Å². The van der Waals surface area contributed by atoms with Crippen LogP contribution in [0.4, 0.5) is 0 Å². The first-order chi connectivity index (χ1) is 9.52. The first-order valence-corrected chi connectivity index (χ1v) is 8.44. The lowest BCUT2D eigenvalue weighted by Crippen LogP contribution is -2.37. The molecule has 20 heavy (non-hydrogen) atoms. The van der Waals surface area contributed by atoms with Crippen LogP contribution in [-0.4, -0.2) is 32.9 Å². The molecule has 6 heteroatoms. The number of benzene rings is 1. The van der Waals surface area contributed by atoms with Gasteiger partial charge in [-0.1, -0.05) is 18.2 Å². The highest BCUT2D eigenvalue weighted by atomic mass is 32.2. The fourth-order valence-corrected chi connectivity index (χ4v) is 4.11. The molecule has 1 aromatic carbocycles. The van der Waals surface area contributed by atoms with Crippen molar-refractivity contribution in [3.05, 3.63) is 29.8 Å². The number of amides is 1. The Balaban J connectivity index is 1.95. The zero-order valence-corrected chi connectivity index (χ0v) is 12.3. The van der Waals surface area contributed by atoms with E-state index in [-0.39, 0.29) is 17.4 Å². The molecule has 110 valence electrons. The number of carbonyl (C=O) groups excluding carboxylic acids is 1. The van der Waals surface area contributed by atoms with Gasteiger partial charge < -0.3 is 10.1 Å². The normalized spacial score (nSPS) is 21.1. The minimum absolute atomic E-state index is 0.0369. The number of nitrogens with one attached hydrogen (secondary N) is 1. The van der Waals surface area contributed by atoms with Gasteiger partial charge in [-0.25, -0.2) is 8.42 Å². The van der Waals surface area contributed by atoms with Gasteiger partial charge in [0.05, 0.1) is 24.5 Å². The van der Waals surface area contributed by atoms with E-state index >= 15 is 0 Å². The summed E-state index contributed by atoms with van der Waals surface area (Å²) in [5.41, 5.74) is 0.877. The lowest BCUT2D eigenvalue weighted by molar-refractivity contribution is -0.124. The zero-order valence-electron chi connectivity index (χ0n) is 11.5. The minimum Gasteiger partial charge on any atom is -0.496 e. The summed E-state index contributed by atoms with van der Waals surface area (Å²) in [6.45, 7) is 0.347. The van der Waals surface area contributed by atoms with Crippen molar-refractivity contribution in [3.63, 3.8) is 0 Å². The Morgan fingerprint density at radius 1 is 1.40 bits per heavy atom. The second kappa shape index (κ2) is 6.26. The number of hydrogen-bond donors (Lipinski definition) is 1. The van der Waals surface area contributed by atoms with Crippen molar-refractivity contribution < 1.29 is 17.9 Å². The lowest BCUT2D eigenvalue weighted by atomic mass is 10.0. The molecule has 1 unspecified atom stereocenters. The van der Waals surface area contributed by atoms with Crippen LogP contribution in [0.25, 0.3) is 0 Å². The third kappa shape index (κ3) is 3.72. The summed E-state index contributed by atoms with van der Waals surface area (Å²) in [6, 6.07) is 7.43. The summed E-state index contributed by atoms with van der Waals surface area (Å²) in [4.78, 5) is 12.0. The number of methoxy groups -OCH3 is 1. The molecule has 5 nitrogen and oxygen atoms in total. The molecule has 1 heterocycles. The first kappa shape index (κ1) is 14.8. The van der Waals surface area contributed by atoms with Gasteiger partial charge in [0.25, 0.3) is 0 Å². The van der Waals surface area contributed by atoms with E-state index in [4.69, 9.17) is 4.74 Å². The maximum absolute atomic E-state index is 12.0. The molecule has 0 spiro atoms. The molecular formula is C14H19NO4S. The van der Waals surface area contributed by atoms with Crippen LogP contribution in [-0.2, 0) is 21.2 Å². The largest absolute Gasteiger partial charge is 0.496 e. The fourth-order valence-electron chi connectivity index (χ4n) is 2.41. The summed E-state index contributed by atoms with van der Waals surface area (Å²) < 4.78 is 28.3. The summed E-state index contributed by atoms with van der Waals surface area (Å²) in [5, 5.41) is 2.80.